The van der Waals surface area contributed by atoms with Crippen LogP contribution in [0.1, 0.15) is 61.7 Å². The van der Waals surface area contributed by atoms with Crippen LogP contribution < -0.4 is 5.32 Å². The molecule has 2 saturated heterocycles. The summed E-state index contributed by atoms with van der Waals surface area (Å²) in [6, 6.07) is 15.0. The molecule has 9 nitrogen and oxygen atoms in total. The third-order valence-electron chi connectivity index (χ3n) is 7.07. The van der Waals surface area contributed by atoms with Gasteiger partial charge in [-0.3, -0.25) is 14.5 Å². The molecule has 4 N–H and O–H groups in total. The summed E-state index contributed by atoms with van der Waals surface area (Å²) in [6.45, 7) is 4.25. The molecular weight excluding hydrogens is 476 g/mol. The fraction of sp³-hybridized carbons (Fsp3) is 0.500. The average Bonchev–Trinajstić information content (AvgIpc) is 3.30. The van der Waals surface area contributed by atoms with Gasteiger partial charge in [-0.1, -0.05) is 43.3 Å². The Morgan fingerprint density at radius 2 is 1.73 bits per heavy atom. The van der Waals surface area contributed by atoms with Crippen LogP contribution in [0.2, 0.25) is 0 Å². The molecule has 1 amide bonds. The standard InChI is InChI=1S/C28H36N2O7/c1-18-24(16-30-14-13-23(32)15-30)36-28(37-27(18)20-7-5-19(17-31)6-8-20)21-9-11-22(12-10-21)29-25(33)3-2-4-26(34)35/h5-12,18,23-24,27-28,31-32H,2-4,13-17H2,1H3,(H,29,33)(H,34,35). The number of nitrogens with zero attached hydrogens (tertiary/aromatic N) is 1. The number of β-amino-alcohol motifs (C(OH)–C–C–N with tert-alkyl or cyclic N) is 1. The van der Waals surface area contributed by atoms with E-state index < -0.39 is 12.3 Å². The molecule has 9 heteroatoms. The van der Waals surface area contributed by atoms with Crippen LogP contribution in [0.5, 0.6) is 0 Å². The van der Waals surface area contributed by atoms with E-state index in [0.29, 0.717) is 18.8 Å². The number of likely N-dealkylation sites (tertiary alicyclic amines) is 1. The van der Waals surface area contributed by atoms with E-state index in [2.05, 4.69) is 17.1 Å². The van der Waals surface area contributed by atoms with Crippen molar-refractivity contribution in [3.63, 3.8) is 0 Å². The van der Waals surface area contributed by atoms with E-state index in [-0.39, 0.29) is 56.0 Å². The highest BCUT2D eigenvalue weighted by molar-refractivity contribution is 5.90. The van der Waals surface area contributed by atoms with Crippen molar-refractivity contribution in [2.45, 2.75) is 63.8 Å². The number of ether oxygens (including phenoxy) is 2. The molecule has 2 aromatic rings. The number of rotatable bonds is 10. The number of aliphatic carboxylic acids is 1. The molecule has 2 heterocycles. The third kappa shape index (κ3) is 7.37. The summed E-state index contributed by atoms with van der Waals surface area (Å²) in [5.41, 5.74) is 3.28. The van der Waals surface area contributed by atoms with Gasteiger partial charge in [-0.25, -0.2) is 0 Å². The molecule has 0 saturated carbocycles. The molecule has 2 aromatic carbocycles. The minimum Gasteiger partial charge on any atom is -0.481 e. The van der Waals surface area contributed by atoms with E-state index >= 15 is 0 Å². The second-order valence-electron chi connectivity index (χ2n) is 9.94. The molecule has 0 aromatic heterocycles. The zero-order valence-corrected chi connectivity index (χ0v) is 21.1. The summed E-state index contributed by atoms with van der Waals surface area (Å²) in [5, 5.41) is 30.9. The first-order valence-electron chi connectivity index (χ1n) is 12.8. The van der Waals surface area contributed by atoms with E-state index in [0.717, 1.165) is 29.7 Å². The van der Waals surface area contributed by atoms with Gasteiger partial charge in [-0.2, -0.15) is 0 Å². The lowest BCUT2D eigenvalue weighted by atomic mass is 9.90. The van der Waals surface area contributed by atoms with Crippen LogP contribution in [0.4, 0.5) is 5.69 Å². The maximum atomic E-state index is 12.1. The third-order valence-corrected chi connectivity index (χ3v) is 7.07. The molecule has 0 bridgehead atoms. The molecule has 37 heavy (non-hydrogen) atoms. The van der Waals surface area contributed by atoms with Crippen molar-refractivity contribution in [3.05, 3.63) is 65.2 Å². The fourth-order valence-corrected chi connectivity index (χ4v) is 4.91. The highest BCUT2D eigenvalue weighted by Crippen LogP contribution is 2.42. The number of carbonyl (C=O) groups is 2. The van der Waals surface area contributed by atoms with Gasteiger partial charge in [-0.15, -0.1) is 0 Å². The summed E-state index contributed by atoms with van der Waals surface area (Å²) in [4.78, 5) is 25.0. The van der Waals surface area contributed by atoms with Gasteiger partial charge in [0.2, 0.25) is 5.91 Å². The zero-order chi connectivity index (χ0) is 26.4. The zero-order valence-electron chi connectivity index (χ0n) is 21.1. The molecule has 0 spiro atoms. The summed E-state index contributed by atoms with van der Waals surface area (Å²) >= 11 is 0. The molecule has 200 valence electrons. The van der Waals surface area contributed by atoms with Crippen molar-refractivity contribution in [2.24, 2.45) is 5.92 Å². The minimum atomic E-state index is -0.916. The number of hydrogen-bond acceptors (Lipinski definition) is 7. The van der Waals surface area contributed by atoms with Gasteiger partial charge in [0.1, 0.15) is 0 Å². The largest absolute Gasteiger partial charge is 0.481 e. The number of anilines is 1. The first-order valence-corrected chi connectivity index (χ1v) is 12.8. The molecule has 5 atom stereocenters. The van der Waals surface area contributed by atoms with Gasteiger partial charge < -0.3 is 30.1 Å². The van der Waals surface area contributed by atoms with Crippen LogP contribution >= 0.6 is 0 Å². The lowest BCUT2D eigenvalue weighted by Gasteiger charge is -2.42. The summed E-state index contributed by atoms with van der Waals surface area (Å²) in [5.74, 6) is -1.09. The Kier molecular flexibility index (Phi) is 9.28. The summed E-state index contributed by atoms with van der Waals surface area (Å²) in [6.07, 6.45) is -0.116. The average molecular weight is 513 g/mol. The van der Waals surface area contributed by atoms with Crippen molar-refractivity contribution in [1.82, 2.24) is 4.90 Å². The maximum Gasteiger partial charge on any atom is 0.303 e. The van der Waals surface area contributed by atoms with E-state index in [1.165, 1.54) is 0 Å². The highest BCUT2D eigenvalue weighted by atomic mass is 16.7. The maximum absolute atomic E-state index is 12.1. The number of amides is 1. The first kappa shape index (κ1) is 27.2. The molecule has 5 unspecified atom stereocenters. The quantitative estimate of drug-likeness (QED) is 0.382. The Bertz CT molecular complexity index is 1040. The monoisotopic (exact) mass is 512 g/mol. The second kappa shape index (κ2) is 12.6. The number of aliphatic hydroxyl groups excluding tert-OH is 2. The first-order chi connectivity index (χ1) is 17.8. The van der Waals surface area contributed by atoms with Gasteiger partial charge in [0.15, 0.2) is 6.29 Å². The number of nitrogens with one attached hydrogen (secondary N) is 1. The summed E-state index contributed by atoms with van der Waals surface area (Å²) < 4.78 is 12.9. The van der Waals surface area contributed by atoms with E-state index in [9.17, 15) is 19.8 Å². The predicted molar refractivity (Wildman–Crippen MR) is 137 cm³/mol. The topological polar surface area (TPSA) is 129 Å². The van der Waals surface area contributed by atoms with Crippen LogP contribution in [0.15, 0.2) is 48.5 Å². The van der Waals surface area contributed by atoms with E-state index in [1.54, 1.807) is 12.1 Å². The van der Waals surface area contributed by atoms with Crippen LogP contribution in [-0.4, -0.2) is 63.9 Å². The van der Waals surface area contributed by atoms with E-state index in [1.807, 2.05) is 36.4 Å². The van der Waals surface area contributed by atoms with Gasteiger partial charge in [0, 0.05) is 49.6 Å². The second-order valence-corrected chi connectivity index (χ2v) is 9.94. The highest BCUT2D eigenvalue weighted by Gasteiger charge is 2.39. The lowest BCUT2D eigenvalue weighted by molar-refractivity contribution is -0.276. The number of benzene rings is 2. The molecule has 0 aliphatic carbocycles. The molecule has 4 rings (SSSR count). The Morgan fingerprint density at radius 1 is 1.03 bits per heavy atom. The van der Waals surface area contributed by atoms with E-state index in [4.69, 9.17) is 14.6 Å². The van der Waals surface area contributed by atoms with Gasteiger partial charge in [-0.05, 0) is 36.1 Å². The fourth-order valence-electron chi connectivity index (χ4n) is 4.91. The van der Waals surface area contributed by atoms with Crippen molar-refractivity contribution < 1.29 is 34.4 Å². The lowest BCUT2D eigenvalue weighted by Crippen LogP contribution is -2.44. The van der Waals surface area contributed by atoms with Crippen LogP contribution in [-0.2, 0) is 25.7 Å². The SMILES string of the molecule is CC1C(CN2CCC(O)C2)OC(c2ccc(NC(=O)CCCC(=O)O)cc2)OC1c1ccc(CO)cc1. The minimum absolute atomic E-state index is 0.0184. The van der Waals surface area contributed by atoms with Gasteiger partial charge in [0.05, 0.1) is 24.9 Å². The molecule has 2 aliphatic rings. The van der Waals surface area contributed by atoms with Crippen molar-refractivity contribution >= 4 is 17.6 Å². The Labute approximate surface area is 217 Å². The van der Waals surface area contributed by atoms with Crippen LogP contribution in [0.3, 0.4) is 0 Å². The summed E-state index contributed by atoms with van der Waals surface area (Å²) in [7, 11) is 0. The van der Waals surface area contributed by atoms with Crippen molar-refractivity contribution in [3.8, 4) is 0 Å². The predicted octanol–water partition coefficient (Wildman–Crippen LogP) is 3.23. The smallest absolute Gasteiger partial charge is 0.303 e. The van der Waals surface area contributed by atoms with Crippen molar-refractivity contribution in [2.75, 3.05) is 25.0 Å². The van der Waals surface area contributed by atoms with Crippen LogP contribution in [0, 0.1) is 5.92 Å². The Hall–Kier alpha value is -2.82. The van der Waals surface area contributed by atoms with Gasteiger partial charge >= 0.3 is 5.97 Å². The Morgan fingerprint density at radius 3 is 2.35 bits per heavy atom. The number of carboxylic acids is 1. The molecule has 0 radical (unpaired) electrons. The Balaban J connectivity index is 1.47. The van der Waals surface area contributed by atoms with Crippen molar-refractivity contribution in [1.29, 1.82) is 0 Å². The molecule has 2 aliphatic heterocycles. The van der Waals surface area contributed by atoms with Gasteiger partial charge in [0.25, 0.3) is 0 Å². The number of carbonyl (C=O) groups excluding carboxylic acids is 1. The normalized spacial score (nSPS) is 26.2. The molecular formula is C28H36N2O7. The number of aliphatic hydroxyl groups is 2. The molecule has 2 fully saturated rings. The van der Waals surface area contributed by atoms with Crippen LogP contribution in [0.25, 0.3) is 0 Å². The number of hydrogen-bond donors (Lipinski definition) is 4. The number of carboxylic acid groups (broad SMARTS) is 1.